The number of hydrogen-bond acceptors (Lipinski definition) is 7. The van der Waals surface area contributed by atoms with Crippen molar-refractivity contribution in [3.8, 4) is 11.3 Å². The van der Waals surface area contributed by atoms with Crippen molar-refractivity contribution >= 4 is 34.1 Å². The smallest absolute Gasteiger partial charge is 0.269 e. The van der Waals surface area contributed by atoms with Crippen LogP contribution in [-0.2, 0) is 11.2 Å². The van der Waals surface area contributed by atoms with E-state index in [1.807, 2.05) is 16.0 Å². The summed E-state index contributed by atoms with van der Waals surface area (Å²) in [6, 6.07) is 9.45. The van der Waals surface area contributed by atoms with Crippen LogP contribution in [0.1, 0.15) is 11.5 Å². The Morgan fingerprint density at radius 1 is 1.32 bits per heavy atom. The van der Waals surface area contributed by atoms with E-state index < -0.39 is 4.92 Å². The number of nitro benzene ring substituents is 1. The van der Waals surface area contributed by atoms with E-state index in [0.717, 1.165) is 4.96 Å². The molecule has 0 unspecified atom stereocenters. The number of non-ortho nitro benzene ring substituents is 1. The van der Waals surface area contributed by atoms with Crippen molar-refractivity contribution in [2.24, 2.45) is 5.10 Å². The molecule has 4 aromatic rings. The van der Waals surface area contributed by atoms with E-state index in [1.54, 1.807) is 30.5 Å². The number of rotatable bonds is 6. The van der Waals surface area contributed by atoms with Gasteiger partial charge in [-0.1, -0.05) is 0 Å². The average molecular weight is 395 g/mol. The van der Waals surface area contributed by atoms with E-state index in [4.69, 9.17) is 4.42 Å². The Morgan fingerprint density at radius 3 is 2.89 bits per heavy atom. The SMILES string of the molecule is O=C(Cc1cn2ccsc2n1)NN=Cc1ccc(-c2ccc([N+](=O)[O-])cc2)o1. The highest BCUT2D eigenvalue weighted by Crippen LogP contribution is 2.24. The van der Waals surface area contributed by atoms with E-state index >= 15 is 0 Å². The standard InChI is InChI=1S/C18H13N5O4S/c24-17(9-13-11-22-7-8-28-18(22)20-13)21-19-10-15-5-6-16(27-15)12-1-3-14(4-2-12)23(25)26/h1-8,10-11H,9H2,(H,21,24). The molecule has 4 rings (SSSR count). The van der Waals surface area contributed by atoms with Crippen molar-refractivity contribution in [1.29, 1.82) is 0 Å². The molecule has 0 atom stereocenters. The van der Waals surface area contributed by atoms with Crippen LogP contribution < -0.4 is 5.43 Å². The lowest BCUT2D eigenvalue weighted by atomic mass is 10.1. The maximum Gasteiger partial charge on any atom is 0.269 e. The zero-order valence-corrected chi connectivity index (χ0v) is 15.1. The van der Waals surface area contributed by atoms with Gasteiger partial charge in [0.2, 0.25) is 5.91 Å². The molecule has 1 N–H and O–H groups in total. The van der Waals surface area contributed by atoms with Crippen molar-refractivity contribution < 1.29 is 14.1 Å². The molecule has 28 heavy (non-hydrogen) atoms. The van der Waals surface area contributed by atoms with Gasteiger partial charge in [0.15, 0.2) is 4.96 Å². The molecule has 0 radical (unpaired) electrons. The molecule has 0 bridgehead atoms. The van der Waals surface area contributed by atoms with Crippen LogP contribution >= 0.6 is 11.3 Å². The first-order chi connectivity index (χ1) is 13.6. The number of fused-ring (bicyclic) bond motifs is 1. The van der Waals surface area contributed by atoms with Crippen LogP contribution in [0.2, 0.25) is 0 Å². The number of aromatic nitrogens is 2. The van der Waals surface area contributed by atoms with E-state index in [-0.39, 0.29) is 18.0 Å². The van der Waals surface area contributed by atoms with Gasteiger partial charge in [-0.2, -0.15) is 5.10 Å². The number of carbonyl (C=O) groups is 1. The van der Waals surface area contributed by atoms with Gasteiger partial charge < -0.3 is 4.42 Å². The number of nitrogens with one attached hydrogen (secondary N) is 1. The number of amides is 1. The molecule has 3 heterocycles. The molecular weight excluding hydrogens is 382 g/mol. The molecule has 9 nitrogen and oxygen atoms in total. The molecule has 0 saturated heterocycles. The van der Waals surface area contributed by atoms with Gasteiger partial charge in [0.25, 0.3) is 5.69 Å². The Balaban J connectivity index is 1.35. The second kappa shape index (κ2) is 7.45. The lowest BCUT2D eigenvalue weighted by Gasteiger charge is -1.97. The summed E-state index contributed by atoms with van der Waals surface area (Å²) >= 11 is 1.50. The van der Waals surface area contributed by atoms with Crippen LogP contribution in [0, 0.1) is 10.1 Å². The van der Waals surface area contributed by atoms with Gasteiger partial charge >= 0.3 is 0 Å². The summed E-state index contributed by atoms with van der Waals surface area (Å²) in [5.41, 5.74) is 3.81. The maximum absolute atomic E-state index is 12.0. The number of furan rings is 1. The summed E-state index contributed by atoms with van der Waals surface area (Å²) in [5.74, 6) is 0.695. The minimum atomic E-state index is -0.459. The molecule has 0 spiro atoms. The molecule has 3 aromatic heterocycles. The minimum absolute atomic E-state index is 0.0114. The van der Waals surface area contributed by atoms with E-state index in [9.17, 15) is 14.9 Å². The third-order valence-electron chi connectivity index (χ3n) is 3.86. The summed E-state index contributed by atoms with van der Waals surface area (Å²) < 4.78 is 7.48. The van der Waals surface area contributed by atoms with Gasteiger partial charge in [0.05, 0.1) is 23.3 Å². The summed E-state index contributed by atoms with van der Waals surface area (Å²) in [4.78, 5) is 27.4. The van der Waals surface area contributed by atoms with Crippen molar-refractivity contribution in [3.05, 3.63) is 75.7 Å². The van der Waals surface area contributed by atoms with E-state index in [0.29, 0.717) is 22.8 Å². The molecule has 140 valence electrons. The fourth-order valence-electron chi connectivity index (χ4n) is 2.56. The molecule has 0 aliphatic carbocycles. The Kier molecular flexibility index (Phi) is 4.68. The van der Waals surface area contributed by atoms with E-state index in [2.05, 4.69) is 15.5 Å². The first-order valence-electron chi connectivity index (χ1n) is 8.16. The zero-order valence-electron chi connectivity index (χ0n) is 14.3. The number of carbonyl (C=O) groups excluding carboxylic acids is 1. The number of benzene rings is 1. The third-order valence-corrected chi connectivity index (χ3v) is 4.63. The number of hydrogen-bond donors (Lipinski definition) is 1. The second-order valence-electron chi connectivity index (χ2n) is 5.80. The van der Waals surface area contributed by atoms with Gasteiger partial charge in [-0.3, -0.25) is 19.3 Å². The number of nitro groups is 1. The summed E-state index contributed by atoms with van der Waals surface area (Å²) in [6.45, 7) is 0. The average Bonchev–Trinajstić information content (AvgIpc) is 3.38. The highest BCUT2D eigenvalue weighted by atomic mass is 32.1. The largest absolute Gasteiger partial charge is 0.455 e. The van der Waals surface area contributed by atoms with Crippen molar-refractivity contribution in [1.82, 2.24) is 14.8 Å². The Labute approximate surface area is 162 Å². The molecule has 0 saturated carbocycles. The zero-order chi connectivity index (χ0) is 19.5. The normalized spacial score (nSPS) is 11.3. The van der Waals surface area contributed by atoms with Crippen LogP contribution in [-0.4, -0.2) is 26.4 Å². The number of hydrazone groups is 1. The first kappa shape index (κ1) is 17.6. The van der Waals surface area contributed by atoms with Crippen LogP contribution in [0.5, 0.6) is 0 Å². The van der Waals surface area contributed by atoms with Gasteiger partial charge in [-0.05, 0) is 24.3 Å². The van der Waals surface area contributed by atoms with Crippen LogP contribution in [0.4, 0.5) is 5.69 Å². The van der Waals surface area contributed by atoms with Crippen molar-refractivity contribution in [2.45, 2.75) is 6.42 Å². The predicted octanol–water partition coefficient (Wildman–Crippen LogP) is 3.26. The first-order valence-corrected chi connectivity index (χ1v) is 9.04. The van der Waals surface area contributed by atoms with Crippen LogP contribution in [0.15, 0.2) is 63.7 Å². The third kappa shape index (κ3) is 3.81. The summed E-state index contributed by atoms with van der Waals surface area (Å²) in [6.07, 6.45) is 5.20. The Bertz CT molecular complexity index is 1140. The number of imidazole rings is 1. The molecule has 0 aliphatic rings. The van der Waals surface area contributed by atoms with E-state index in [1.165, 1.54) is 29.7 Å². The minimum Gasteiger partial charge on any atom is -0.455 e. The monoisotopic (exact) mass is 395 g/mol. The highest BCUT2D eigenvalue weighted by molar-refractivity contribution is 7.15. The van der Waals surface area contributed by atoms with Gasteiger partial charge in [0.1, 0.15) is 11.5 Å². The molecular formula is C18H13N5O4S. The van der Waals surface area contributed by atoms with Crippen LogP contribution in [0.25, 0.3) is 16.3 Å². The predicted molar refractivity (Wildman–Crippen MR) is 103 cm³/mol. The van der Waals surface area contributed by atoms with Crippen molar-refractivity contribution in [2.75, 3.05) is 0 Å². The Hall–Kier alpha value is -3.79. The topological polar surface area (TPSA) is 115 Å². The molecule has 0 fully saturated rings. The summed E-state index contributed by atoms with van der Waals surface area (Å²) in [7, 11) is 0. The molecule has 10 heteroatoms. The van der Waals surface area contributed by atoms with Crippen molar-refractivity contribution in [3.63, 3.8) is 0 Å². The van der Waals surface area contributed by atoms with Crippen LogP contribution in [0.3, 0.4) is 0 Å². The number of thiazole rings is 1. The number of nitrogens with zero attached hydrogens (tertiary/aromatic N) is 4. The van der Waals surface area contributed by atoms with Gasteiger partial charge in [-0.25, -0.2) is 10.4 Å². The lowest BCUT2D eigenvalue weighted by molar-refractivity contribution is -0.384. The van der Waals surface area contributed by atoms with Gasteiger partial charge in [0, 0.05) is 35.5 Å². The summed E-state index contributed by atoms with van der Waals surface area (Å²) in [5, 5.41) is 16.5. The molecule has 1 aromatic carbocycles. The van der Waals surface area contributed by atoms with Gasteiger partial charge in [-0.15, -0.1) is 11.3 Å². The Morgan fingerprint density at radius 2 is 2.14 bits per heavy atom. The fraction of sp³-hybridized carbons (Fsp3) is 0.0556. The quantitative estimate of drug-likeness (QED) is 0.306. The molecule has 0 aliphatic heterocycles. The highest BCUT2D eigenvalue weighted by Gasteiger charge is 2.09. The maximum atomic E-state index is 12.0. The molecule has 1 amide bonds. The fourth-order valence-corrected chi connectivity index (χ4v) is 3.28. The second-order valence-corrected chi connectivity index (χ2v) is 6.67. The lowest BCUT2D eigenvalue weighted by Crippen LogP contribution is -2.19.